The second-order valence-electron chi connectivity index (χ2n) is 9.67. The number of aliphatic hydroxyl groups excluding tert-OH is 10. The second-order valence-corrected chi connectivity index (χ2v) is 9.67. The van der Waals surface area contributed by atoms with Crippen molar-refractivity contribution in [1.82, 2.24) is 0 Å². The summed E-state index contributed by atoms with van der Waals surface area (Å²) in [5.41, 5.74) is 0. The number of hydrogen-bond acceptors (Lipinski definition) is 15. The van der Waals surface area contributed by atoms with E-state index in [1.807, 2.05) is 0 Å². The third kappa shape index (κ3) is 5.85. The van der Waals surface area contributed by atoms with Crippen molar-refractivity contribution < 1.29 is 74.7 Å². The van der Waals surface area contributed by atoms with Crippen molar-refractivity contribution in [3.05, 3.63) is 0 Å². The fourth-order valence-electron chi connectivity index (χ4n) is 4.90. The lowest BCUT2D eigenvalue weighted by atomic mass is 9.85. The molecule has 0 aromatic carbocycles. The molecule has 36 heavy (non-hydrogen) atoms. The fourth-order valence-corrected chi connectivity index (χ4v) is 4.90. The van der Waals surface area contributed by atoms with Crippen molar-refractivity contribution in [2.45, 2.75) is 99.9 Å². The molecule has 3 rings (SSSR count). The highest BCUT2D eigenvalue weighted by Gasteiger charge is 2.55. The van der Waals surface area contributed by atoms with Gasteiger partial charge in [0.05, 0.1) is 25.9 Å². The maximum absolute atomic E-state index is 10.9. The molecule has 15 heteroatoms. The Bertz CT molecular complexity index is 682. The zero-order chi connectivity index (χ0) is 26.9. The summed E-state index contributed by atoms with van der Waals surface area (Å²) in [5.74, 6) is -0.908. The monoisotopic (exact) mass is 530 g/mol. The quantitative estimate of drug-likeness (QED) is 0.133. The minimum Gasteiger partial charge on any atom is -0.394 e. The van der Waals surface area contributed by atoms with Gasteiger partial charge in [0.1, 0.15) is 61.0 Å². The Morgan fingerprint density at radius 3 is 1.81 bits per heavy atom. The molecule has 15 unspecified atom stereocenters. The number of hydrogen-bond donors (Lipinski definition) is 10. The van der Waals surface area contributed by atoms with Gasteiger partial charge in [-0.2, -0.15) is 0 Å². The van der Waals surface area contributed by atoms with Crippen molar-refractivity contribution in [2.75, 3.05) is 19.8 Å². The Labute approximate surface area is 207 Å². The first-order valence-corrected chi connectivity index (χ1v) is 11.8. The van der Waals surface area contributed by atoms with E-state index in [0.29, 0.717) is 0 Å². The average Bonchev–Trinajstić information content (AvgIpc) is 3.18. The first kappa shape index (κ1) is 29.9. The zero-order valence-electron chi connectivity index (χ0n) is 19.9. The summed E-state index contributed by atoms with van der Waals surface area (Å²) in [5, 5.41) is 101. The first-order valence-electron chi connectivity index (χ1n) is 11.8. The summed E-state index contributed by atoms with van der Waals surface area (Å²) in [6, 6.07) is 0. The summed E-state index contributed by atoms with van der Waals surface area (Å²) >= 11 is 0. The van der Waals surface area contributed by atoms with Crippen LogP contribution in [0.5, 0.6) is 0 Å². The molecule has 15 atom stereocenters. The molecule has 0 saturated carbocycles. The molecule has 0 bridgehead atoms. The molecular formula is C21H38O15. The van der Waals surface area contributed by atoms with E-state index in [-0.39, 0.29) is 5.92 Å². The molecule has 3 aliphatic rings. The maximum Gasteiger partial charge on any atom is 0.187 e. The highest BCUT2D eigenvalue weighted by atomic mass is 16.8. The minimum atomic E-state index is -1.86. The van der Waals surface area contributed by atoms with Gasteiger partial charge in [-0.15, -0.1) is 0 Å². The van der Waals surface area contributed by atoms with Crippen molar-refractivity contribution >= 4 is 0 Å². The Balaban J connectivity index is 1.85. The van der Waals surface area contributed by atoms with Crippen LogP contribution in [0.15, 0.2) is 0 Å². The Hall–Kier alpha value is -0.600. The van der Waals surface area contributed by atoms with E-state index in [9.17, 15) is 51.1 Å². The van der Waals surface area contributed by atoms with Gasteiger partial charge in [-0.05, 0) is 5.92 Å². The summed E-state index contributed by atoms with van der Waals surface area (Å²) in [6.07, 6.45) is -21.6. The largest absolute Gasteiger partial charge is 0.394 e. The van der Waals surface area contributed by atoms with E-state index < -0.39 is 112 Å². The van der Waals surface area contributed by atoms with E-state index in [4.69, 9.17) is 23.7 Å². The third-order valence-electron chi connectivity index (χ3n) is 6.92. The highest BCUT2D eigenvalue weighted by Crippen LogP contribution is 2.38. The van der Waals surface area contributed by atoms with Gasteiger partial charge in [-0.25, -0.2) is 0 Å². The SMILES string of the molecule is CC(C)C1C(O)C(OC2C(O)C(O)OC(CO)C2OC2OC(CO)C(O)C(O)C2O)OC1C(O)CO. The molecule has 10 N–H and O–H groups in total. The standard InChI is InChI=1S/C21H38O15/c1-6(2)10-12(27)20(34-16(10)7(25)3-22)36-18-15(30)19(31)32-9(5-24)17(18)35-21-14(29)13(28)11(26)8(4-23)33-21/h6-31H,3-5H2,1-2H3. The first-order chi connectivity index (χ1) is 17.0. The predicted molar refractivity (Wildman–Crippen MR) is 114 cm³/mol. The molecule has 3 fully saturated rings. The summed E-state index contributed by atoms with van der Waals surface area (Å²) in [6.45, 7) is 1.37. The molecule has 0 spiro atoms. The fraction of sp³-hybridized carbons (Fsp3) is 1.00. The van der Waals surface area contributed by atoms with Crippen LogP contribution in [-0.4, -0.2) is 157 Å². The second kappa shape index (κ2) is 12.5. The summed E-state index contributed by atoms with van der Waals surface area (Å²) in [7, 11) is 0. The van der Waals surface area contributed by atoms with E-state index >= 15 is 0 Å². The van der Waals surface area contributed by atoms with Crippen molar-refractivity contribution in [1.29, 1.82) is 0 Å². The van der Waals surface area contributed by atoms with Crippen LogP contribution in [0.2, 0.25) is 0 Å². The molecule has 212 valence electrons. The van der Waals surface area contributed by atoms with E-state index in [1.165, 1.54) is 0 Å². The van der Waals surface area contributed by atoms with Crippen LogP contribution in [0.3, 0.4) is 0 Å². The van der Waals surface area contributed by atoms with Crippen molar-refractivity contribution in [3.8, 4) is 0 Å². The van der Waals surface area contributed by atoms with Gasteiger partial charge in [0, 0.05) is 5.92 Å². The lowest BCUT2D eigenvalue weighted by Crippen LogP contribution is -2.65. The van der Waals surface area contributed by atoms with Crippen LogP contribution in [0.4, 0.5) is 0 Å². The van der Waals surface area contributed by atoms with Gasteiger partial charge in [0.2, 0.25) is 0 Å². The maximum atomic E-state index is 10.9. The third-order valence-corrected chi connectivity index (χ3v) is 6.92. The smallest absolute Gasteiger partial charge is 0.187 e. The number of rotatable bonds is 9. The van der Waals surface area contributed by atoms with Crippen molar-refractivity contribution in [3.63, 3.8) is 0 Å². The number of ether oxygens (including phenoxy) is 5. The Morgan fingerprint density at radius 1 is 0.667 bits per heavy atom. The lowest BCUT2D eigenvalue weighted by molar-refractivity contribution is -0.370. The summed E-state index contributed by atoms with van der Waals surface area (Å²) < 4.78 is 27.6. The van der Waals surface area contributed by atoms with Crippen LogP contribution >= 0.6 is 0 Å². The molecule has 0 amide bonds. The van der Waals surface area contributed by atoms with Crippen LogP contribution in [0.25, 0.3) is 0 Å². The Morgan fingerprint density at radius 2 is 1.25 bits per heavy atom. The van der Waals surface area contributed by atoms with Crippen LogP contribution in [-0.2, 0) is 23.7 Å². The van der Waals surface area contributed by atoms with Gasteiger partial charge in [0.15, 0.2) is 18.9 Å². The number of aliphatic hydroxyl groups is 10. The normalized spacial score (nSPS) is 48.9. The molecule has 0 radical (unpaired) electrons. The predicted octanol–water partition coefficient (Wildman–Crippen LogP) is -5.66. The zero-order valence-corrected chi connectivity index (χ0v) is 19.9. The van der Waals surface area contributed by atoms with Crippen LogP contribution < -0.4 is 0 Å². The van der Waals surface area contributed by atoms with Gasteiger partial charge < -0.3 is 74.7 Å². The van der Waals surface area contributed by atoms with E-state index in [0.717, 1.165) is 0 Å². The van der Waals surface area contributed by atoms with Crippen LogP contribution in [0.1, 0.15) is 13.8 Å². The van der Waals surface area contributed by atoms with Gasteiger partial charge in [0.25, 0.3) is 0 Å². The molecule has 3 saturated heterocycles. The van der Waals surface area contributed by atoms with E-state index in [1.54, 1.807) is 13.8 Å². The van der Waals surface area contributed by atoms with Gasteiger partial charge >= 0.3 is 0 Å². The summed E-state index contributed by atoms with van der Waals surface area (Å²) in [4.78, 5) is 0. The Kier molecular flexibility index (Phi) is 10.4. The molecule has 3 heterocycles. The lowest BCUT2D eigenvalue weighted by Gasteiger charge is -2.46. The topological polar surface area (TPSA) is 248 Å². The molecule has 3 aliphatic heterocycles. The highest BCUT2D eigenvalue weighted by molar-refractivity contribution is 4.97. The van der Waals surface area contributed by atoms with Gasteiger partial charge in [-0.3, -0.25) is 0 Å². The van der Waals surface area contributed by atoms with Crippen molar-refractivity contribution in [2.24, 2.45) is 11.8 Å². The molecule has 0 aliphatic carbocycles. The van der Waals surface area contributed by atoms with Crippen LogP contribution in [0, 0.1) is 11.8 Å². The minimum absolute atomic E-state index is 0.226. The average molecular weight is 531 g/mol. The molecule has 0 aromatic rings. The molecule has 15 nitrogen and oxygen atoms in total. The molecular weight excluding hydrogens is 492 g/mol. The molecule has 0 aromatic heterocycles. The van der Waals surface area contributed by atoms with Gasteiger partial charge in [-0.1, -0.05) is 13.8 Å². The van der Waals surface area contributed by atoms with E-state index in [2.05, 4.69) is 0 Å².